The number of halogens is 3. The summed E-state index contributed by atoms with van der Waals surface area (Å²) in [4.78, 5) is 35.7. The van der Waals surface area contributed by atoms with Crippen LogP contribution in [0.4, 0.5) is 13.2 Å². The van der Waals surface area contributed by atoms with Crippen molar-refractivity contribution in [1.82, 2.24) is 15.0 Å². The first kappa shape index (κ1) is 43.9. The van der Waals surface area contributed by atoms with Crippen LogP contribution in [0.5, 0.6) is 11.6 Å². The van der Waals surface area contributed by atoms with Gasteiger partial charge in [-0.2, -0.15) is 13.2 Å². The molecule has 0 amide bonds. The molecule has 4 aliphatic rings. The molecule has 2 heterocycles. The lowest BCUT2D eigenvalue weighted by Crippen LogP contribution is -2.68. The zero-order valence-electron chi connectivity index (χ0n) is 36.7. The molecule has 62 heavy (non-hydrogen) atoms. The van der Waals surface area contributed by atoms with Crippen LogP contribution in [0.1, 0.15) is 109 Å². The van der Waals surface area contributed by atoms with Gasteiger partial charge in [-0.25, -0.2) is 0 Å². The second-order valence-corrected chi connectivity index (χ2v) is 23.4. The molecule has 1 aliphatic heterocycles. The number of rotatable bonds is 12. The predicted molar refractivity (Wildman–Crippen MR) is 230 cm³/mol. The van der Waals surface area contributed by atoms with Crippen LogP contribution in [0.3, 0.4) is 0 Å². The maximum Gasteiger partial charge on any atom is 0.417 e. The Labute approximate surface area is 362 Å². The fourth-order valence-corrected chi connectivity index (χ4v) is 11.3. The van der Waals surface area contributed by atoms with Crippen molar-refractivity contribution < 1.29 is 46.3 Å². The first-order valence-corrected chi connectivity index (χ1v) is 24.5. The molecule has 1 N–H and O–H groups in total. The largest absolute Gasteiger partial charge is 0.507 e. The number of ketones is 2. The van der Waals surface area contributed by atoms with Crippen molar-refractivity contribution in [3.8, 4) is 11.6 Å². The molecule has 14 heteroatoms. The van der Waals surface area contributed by atoms with E-state index in [9.17, 15) is 5.11 Å². The number of carbonyl (C=O) groups excluding carboxylic acids is 2. The molecular formula is C48H56F3N3O7Si. The summed E-state index contributed by atoms with van der Waals surface area (Å²) in [6.45, 7) is 15.5. The molecule has 0 bridgehead atoms. The number of aliphatic hydroxyl groups excluding tert-OH is 1. The lowest BCUT2D eigenvalue weighted by molar-refractivity contribution is -0.141. The average Bonchev–Trinajstić information content (AvgIpc) is 3.64. The number of fused-ring (bicyclic) bond motifs is 4. The summed E-state index contributed by atoms with van der Waals surface area (Å²) in [6.07, 6.45) is -4.46. The summed E-state index contributed by atoms with van der Waals surface area (Å²) < 4.78 is 72.9. The summed E-state index contributed by atoms with van der Waals surface area (Å²) in [5.41, 5.74) is -1.79. The Morgan fingerprint density at radius 2 is 1.55 bits per heavy atom. The fourth-order valence-electron chi connectivity index (χ4n) is 9.84. The van der Waals surface area contributed by atoms with E-state index < -0.39 is 71.9 Å². The summed E-state index contributed by atoms with van der Waals surface area (Å²) in [5.74, 6) is -3.72. The maximum atomic E-state index is 16.0. The molecule has 2 fully saturated rings. The van der Waals surface area contributed by atoms with Crippen LogP contribution in [0.25, 0.3) is 5.76 Å². The molecule has 4 aromatic rings. The van der Waals surface area contributed by atoms with Gasteiger partial charge in [0.2, 0.25) is 11.6 Å². The monoisotopic (exact) mass is 871 g/mol. The molecule has 330 valence electrons. The van der Waals surface area contributed by atoms with Gasteiger partial charge in [-0.1, -0.05) is 95.3 Å². The van der Waals surface area contributed by atoms with Gasteiger partial charge < -0.3 is 23.5 Å². The number of likely N-dealkylation sites (tertiary alicyclic amines) is 1. The highest BCUT2D eigenvalue weighted by Crippen LogP contribution is 2.60. The number of hydrogen-bond donors (Lipinski definition) is 1. The Morgan fingerprint density at radius 3 is 2.08 bits per heavy atom. The van der Waals surface area contributed by atoms with E-state index in [1.807, 2.05) is 113 Å². The van der Waals surface area contributed by atoms with Gasteiger partial charge in [-0.3, -0.25) is 19.4 Å². The van der Waals surface area contributed by atoms with Gasteiger partial charge in [-0.05, 0) is 96.9 Å². The molecule has 10 nitrogen and oxygen atoms in total. The molecule has 0 radical (unpaired) electrons. The SMILES string of the molecule is CCN(CC)[C@@H]1c2onc(OCc3ccccc3)c2C(=O)[C@@]2(O[Si](C)(C)C(C)(C)C)C(=O)C3=C(O)c4c(OCc5ccccc5)cc(C5CCN5C)c(C(F)(F)F)c4C[C@H]3C[C@@H]12. The standard InChI is InChI=1S/C48H56F3N3O7Si/c1-9-54(10-2)40-33-24-30-23-32-37(35(58-26-28-17-13-11-14-18-28)25-31(34-21-22-53(34)6)39(32)48(49,50)51)41(55)36(30)43(56)47(33,61-62(7,8)46(3,4)5)44(57)38-42(40)60-52-45(38)59-27-29-19-15-12-16-20-29/h11-20,25,30,33-34,40,55H,9-10,21-24,26-27H2,1-8H3/t30-,33-,34?,40-,47-/m0/s1. The number of aliphatic hydroxyl groups is 1. The normalized spacial score (nSPS) is 24.0. The van der Waals surface area contributed by atoms with E-state index in [0.29, 0.717) is 26.1 Å². The highest BCUT2D eigenvalue weighted by atomic mass is 28.4. The van der Waals surface area contributed by atoms with E-state index in [1.165, 1.54) is 6.07 Å². The number of benzene rings is 3. The lowest BCUT2D eigenvalue weighted by atomic mass is 9.56. The summed E-state index contributed by atoms with van der Waals surface area (Å²) >= 11 is 0. The van der Waals surface area contributed by atoms with Crippen LogP contribution in [0.2, 0.25) is 18.1 Å². The van der Waals surface area contributed by atoms with Crippen molar-refractivity contribution >= 4 is 25.6 Å². The topological polar surface area (TPSA) is 115 Å². The number of hydrogen-bond acceptors (Lipinski definition) is 10. The predicted octanol–water partition coefficient (Wildman–Crippen LogP) is 10.3. The van der Waals surface area contributed by atoms with E-state index in [0.717, 1.165) is 11.1 Å². The van der Waals surface area contributed by atoms with E-state index in [-0.39, 0.29) is 71.3 Å². The molecule has 0 spiro atoms. The number of nitrogens with zero attached hydrogens (tertiary/aromatic N) is 3. The molecule has 1 saturated carbocycles. The van der Waals surface area contributed by atoms with E-state index in [2.05, 4.69) is 10.1 Å². The van der Waals surface area contributed by atoms with Crippen molar-refractivity contribution in [2.75, 3.05) is 26.7 Å². The van der Waals surface area contributed by atoms with Gasteiger partial charge in [0.15, 0.2) is 19.7 Å². The van der Waals surface area contributed by atoms with Crippen molar-refractivity contribution in [1.29, 1.82) is 0 Å². The number of ether oxygens (including phenoxy) is 2. The maximum absolute atomic E-state index is 16.0. The van der Waals surface area contributed by atoms with Crippen LogP contribution in [0, 0.1) is 11.8 Å². The Bertz CT molecular complexity index is 2390. The first-order chi connectivity index (χ1) is 29.3. The Hall–Kier alpha value is -4.76. The molecular weight excluding hydrogens is 816 g/mol. The molecule has 8 rings (SSSR count). The summed E-state index contributed by atoms with van der Waals surface area (Å²) in [6, 6.07) is 18.7. The van der Waals surface area contributed by atoms with E-state index in [1.54, 1.807) is 7.05 Å². The average molecular weight is 872 g/mol. The van der Waals surface area contributed by atoms with Crippen LogP contribution < -0.4 is 9.47 Å². The minimum atomic E-state index is -4.80. The summed E-state index contributed by atoms with van der Waals surface area (Å²) in [5, 5.41) is 16.5. The smallest absolute Gasteiger partial charge is 0.417 e. The van der Waals surface area contributed by atoms with Crippen LogP contribution in [-0.4, -0.2) is 72.2 Å². The zero-order valence-corrected chi connectivity index (χ0v) is 37.7. The number of alkyl halides is 3. The van der Waals surface area contributed by atoms with Gasteiger partial charge in [0.25, 0.3) is 5.88 Å². The van der Waals surface area contributed by atoms with Crippen molar-refractivity contribution in [3.05, 3.63) is 117 Å². The lowest BCUT2D eigenvalue weighted by Gasteiger charge is -2.55. The zero-order chi connectivity index (χ0) is 44.5. The van der Waals surface area contributed by atoms with Gasteiger partial charge >= 0.3 is 6.18 Å². The molecule has 3 aliphatic carbocycles. The van der Waals surface area contributed by atoms with Gasteiger partial charge in [0.1, 0.15) is 30.3 Å². The van der Waals surface area contributed by atoms with Gasteiger partial charge in [-0.15, -0.1) is 0 Å². The van der Waals surface area contributed by atoms with Crippen molar-refractivity contribution in [2.45, 2.75) is 109 Å². The summed E-state index contributed by atoms with van der Waals surface area (Å²) in [7, 11) is -1.28. The molecule has 1 unspecified atom stereocenters. The number of aromatic nitrogens is 1. The molecule has 1 aromatic heterocycles. The van der Waals surface area contributed by atoms with Crippen LogP contribution in [0.15, 0.2) is 76.8 Å². The highest BCUT2D eigenvalue weighted by molar-refractivity contribution is 6.74. The van der Waals surface area contributed by atoms with Gasteiger partial charge in [0.05, 0.1) is 17.2 Å². The third-order valence-corrected chi connectivity index (χ3v) is 18.6. The van der Waals surface area contributed by atoms with Crippen LogP contribution >= 0.6 is 0 Å². The third kappa shape index (κ3) is 7.20. The molecule has 5 atom stereocenters. The highest BCUT2D eigenvalue weighted by Gasteiger charge is 2.69. The molecule has 1 saturated heterocycles. The van der Waals surface area contributed by atoms with Crippen molar-refractivity contribution in [2.24, 2.45) is 11.8 Å². The quantitative estimate of drug-likeness (QED) is 0.109. The minimum Gasteiger partial charge on any atom is -0.507 e. The van der Waals surface area contributed by atoms with Crippen molar-refractivity contribution in [3.63, 3.8) is 0 Å². The third-order valence-electron chi connectivity index (χ3n) is 14.1. The van der Waals surface area contributed by atoms with E-state index >= 15 is 22.8 Å². The second kappa shape index (κ2) is 16.1. The number of Topliss-reactive ketones (excluding diaryl/α,β-unsaturated/α-hetero) is 2. The van der Waals surface area contributed by atoms with E-state index in [4.69, 9.17) is 18.4 Å². The Kier molecular flexibility index (Phi) is 11.4. The van der Waals surface area contributed by atoms with Gasteiger partial charge in [0, 0.05) is 24.1 Å². The second-order valence-electron chi connectivity index (χ2n) is 18.7. The first-order valence-electron chi connectivity index (χ1n) is 21.6. The fraction of sp³-hybridized carbons (Fsp3) is 0.479. The Balaban J connectivity index is 1.36. The minimum absolute atomic E-state index is 0.00334. The molecule has 3 aromatic carbocycles. The number of carbonyl (C=O) groups is 2. The Morgan fingerprint density at radius 1 is 0.935 bits per heavy atom. The van der Waals surface area contributed by atoms with Crippen LogP contribution in [-0.2, 0) is 35.0 Å².